The largest absolute Gasteiger partial charge is 0.366 e. The lowest BCUT2D eigenvalue weighted by atomic mass is 10.0. The minimum atomic E-state index is -0.263. The normalized spacial score (nSPS) is 13.9. The van der Waals surface area contributed by atoms with Crippen molar-refractivity contribution in [2.24, 2.45) is 5.73 Å². The van der Waals surface area contributed by atoms with Gasteiger partial charge in [-0.3, -0.25) is 4.79 Å². The van der Waals surface area contributed by atoms with Gasteiger partial charge in [-0.25, -0.2) is 0 Å². The molecule has 2 rings (SSSR count). The van der Waals surface area contributed by atoms with Crippen LogP contribution < -0.4 is 5.73 Å². The van der Waals surface area contributed by atoms with Gasteiger partial charge in [0.25, 0.3) is 0 Å². The van der Waals surface area contributed by atoms with E-state index in [2.05, 4.69) is 0 Å². The van der Waals surface area contributed by atoms with E-state index in [9.17, 15) is 4.79 Å². The number of benzene rings is 1. The van der Waals surface area contributed by atoms with E-state index < -0.39 is 0 Å². The third-order valence-electron chi connectivity index (χ3n) is 2.45. The van der Waals surface area contributed by atoms with Gasteiger partial charge in [-0.05, 0) is 18.4 Å². The first-order chi connectivity index (χ1) is 6.77. The fourth-order valence-corrected chi connectivity index (χ4v) is 1.55. The number of allylic oxidation sites excluding steroid dienone is 1. The molecule has 1 aliphatic carbocycles. The Morgan fingerprint density at radius 2 is 1.86 bits per heavy atom. The molecule has 0 unspecified atom stereocenters. The summed E-state index contributed by atoms with van der Waals surface area (Å²) in [5, 5.41) is 0. The van der Waals surface area contributed by atoms with E-state index in [-0.39, 0.29) is 5.91 Å². The summed E-state index contributed by atoms with van der Waals surface area (Å²) in [5.41, 5.74) is 8.54. The molecule has 1 aliphatic rings. The van der Waals surface area contributed by atoms with E-state index in [4.69, 9.17) is 5.73 Å². The zero-order valence-corrected chi connectivity index (χ0v) is 7.99. The summed E-state index contributed by atoms with van der Waals surface area (Å²) in [6, 6.07) is 9.96. The number of primary amides is 1. The molecule has 1 amide bonds. The molecule has 0 atom stereocenters. The highest BCUT2D eigenvalue weighted by molar-refractivity contribution is 5.93. The lowest BCUT2D eigenvalue weighted by Gasteiger charge is -2.02. The summed E-state index contributed by atoms with van der Waals surface area (Å²) in [6.07, 6.45) is 2.78. The van der Waals surface area contributed by atoms with Crippen molar-refractivity contribution in [1.29, 1.82) is 0 Å². The van der Waals surface area contributed by atoms with Gasteiger partial charge in [0.15, 0.2) is 0 Å². The van der Waals surface area contributed by atoms with Gasteiger partial charge in [0.1, 0.15) is 0 Å². The molecule has 0 bridgehead atoms. The second kappa shape index (κ2) is 3.66. The second-order valence-corrected chi connectivity index (χ2v) is 3.61. The van der Waals surface area contributed by atoms with Gasteiger partial charge < -0.3 is 5.73 Å². The minimum Gasteiger partial charge on any atom is -0.366 e. The standard InChI is InChI=1S/C12H13NO/c13-12(14)11(10-6-7-10)8-9-4-2-1-3-5-9/h1-5H,6-8H2,(H2,13,14). The van der Waals surface area contributed by atoms with Crippen LogP contribution in [-0.4, -0.2) is 5.91 Å². The minimum absolute atomic E-state index is 0.263. The summed E-state index contributed by atoms with van der Waals surface area (Å²) in [4.78, 5) is 11.1. The summed E-state index contributed by atoms with van der Waals surface area (Å²) in [5.74, 6) is -0.263. The third kappa shape index (κ3) is 2.02. The average molecular weight is 187 g/mol. The molecule has 2 heteroatoms. The highest BCUT2D eigenvalue weighted by Crippen LogP contribution is 2.32. The fourth-order valence-electron chi connectivity index (χ4n) is 1.55. The number of hydrogen-bond donors (Lipinski definition) is 1. The van der Waals surface area contributed by atoms with Crippen molar-refractivity contribution in [3.63, 3.8) is 0 Å². The lowest BCUT2D eigenvalue weighted by molar-refractivity contribution is -0.114. The first kappa shape index (κ1) is 9.00. The molecule has 2 nitrogen and oxygen atoms in total. The molecule has 72 valence electrons. The van der Waals surface area contributed by atoms with Crippen LogP contribution in [0.25, 0.3) is 0 Å². The quantitative estimate of drug-likeness (QED) is 0.720. The topological polar surface area (TPSA) is 43.1 Å². The van der Waals surface area contributed by atoms with Gasteiger partial charge in [-0.1, -0.05) is 35.9 Å². The highest BCUT2D eigenvalue weighted by atomic mass is 16.1. The van der Waals surface area contributed by atoms with Crippen molar-refractivity contribution in [3.8, 4) is 0 Å². The van der Waals surface area contributed by atoms with Crippen LogP contribution in [0.4, 0.5) is 0 Å². The first-order valence-electron chi connectivity index (χ1n) is 4.82. The van der Waals surface area contributed by atoms with Crippen molar-refractivity contribution in [2.75, 3.05) is 0 Å². The predicted molar refractivity (Wildman–Crippen MR) is 55.6 cm³/mol. The molecule has 0 spiro atoms. The summed E-state index contributed by atoms with van der Waals surface area (Å²) in [7, 11) is 0. The molecule has 1 aromatic rings. The zero-order valence-electron chi connectivity index (χ0n) is 7.99. The summed E-state index contributed by atoms with van der Waals surface area (Å²) >= 11 is 0. The molecular weight excluding hydrogens is 174 g/mol. The Hall–Kier alpha value is -1.57. The van der Waals surface area contributed by atoms with Crippen molar-refractivity contribution in [2.45, 2.75) is 19.3 Å². The smallest absolute Gasteiger partial charge is 0.244 e. The number of nitrogens with two attached hydrogens (primary N) is 1. The lowest BCUT2D eigenvalue weighted by Crippen LogP contribution is -2.15. The van der Waals surface area contributed by atoms with E-state index >= 15 is 0 Å². The van der Waals surface area contributed by atoms with Crippen molar-refractivity contribution < 1.29 is 4.79 Å². The number of amides is 1. The van der Waals surface area contributed by atoms with Crippen LogP contribution >= 0.6 is 0 Å². The number of hydrogen-bond acceptors (Lipinski definition) is 1. The van der Waals surface area contributed by atoms with E-state index in [0.717, 1.165) is 24.0 Å². The van der Waals surface area contributed by atoms with Crippen LogP contribution in [0.15, 0.2) is 41.5 Å². The van der Waals surface area contributed by atoms with Crippen molar-refractivity contribution in [3.05, 3.63) is 47.0 Å². The van der Waals surface area contributed by atoms with Gasteiger partial charge in [0, 0.05) is 12.0 Å². The van der Waals surface area contributed by atoms with Gasteiger partial charge >= 0.3 is 0 Å². The molecular formula is C12H13NO. The van der Waals surface area contributed by atoms with Crippen molar-refractivity contribution >= 4 is 5.91 Å². The molecule has 1 saturated carbocycles. The Kier molecular flexibility index (Phi) is 2.35. The Morgan fingerprint density at radius 3 is 2.36 bits per heavy atom. The maximum Gasteiger partial charge on any atom is 0.244 e. The number of rotatable bonds is 3. The van der Waals surface area contributed by atoms with E-state index in [0.29, 0.717) is 6.42 Å². The summed E-state index contributed by atoms with van der Waals surface area (Å²) in [6.45, 7) is 0. The highest BCUT2D eigenvalue weighted by Gasteiger charge is 2.20. The van der Waals surface area contributed by atoms with E-state index in [1.165, 1.54) is 5.57 Å². The third-order valence-corrected chi connectivity index (χ3v) is 2.45. The molecule has 0 aromatic heterocycles. The fraction of sp³-hybridized carbons (Fsp3) is 0.250. The van der Waals surface area contributed by atoms with E-state index in [1.807, 2.05) is 30.3 Å². The van der Waals surface area contributed by atoms with Crippen LogP contribution in [0, 0.1) is 0 Å². The second-order valence-electron chi connectivity index (χ2n) is 3.61. The molecule has 14 heavy (non-hydrogen) atoms. The molecule has 0 saturated heterocycles. The Morgan fingerprint density at radius 1 is 1.21 bits per heavy atom. The monoisotopic (exact) mass is 187 g/mol. The Bertz CT molecular complexity index is 373. The van der Waals surface area contributed by atoms with E-state index in [1.54, 1.807) is 0 Å². The SMILES string of the molecule is NC(=O)C(Cc1ccccc1)=C1CC1. The van der Waals surface area contributed by atoms with Gasteiger partial charge in [-0.2, -0.15) is 0 Å². The average Bonchev–Trinajstić information content (AvgIpc) is 2.99. The molecule has 0 radical (unpaired) electrons. The Labute approximate surface area is 83.4 Å². The molecule has 0 aliphatic heterocycles. The van der Waals surface area contributed by atoms with Crippen molar-refractivity contribution in [1.82, 2.24) is 0 Å². The number of carbonyl (C=O) groups is 1. The van der Waals surface area contributed by atoms with Crippen LogP contribution in [-0.2, 0) is 11.2 Å². The first-order valence-corrected chi connectivity index (χ1v) is 4.82. The molecule has 1 fully saturated rings. The van der Waals surface area contributed by atoms with Gasteiger partial charge in [0.05, 0.1) is 0 Å². The molecule has 1 aromatic carbocycles. The predicted octanol–water partition coefficient (Wildman–Crippen LogP) is 1.80. The van der Waals surface area contributed by atoms with Crippen LogP contribution in [0.1, 0.15) is 18.4 Å². The molecule has 2 N–H and O–H groups in total. The van der Waals surface area contributed by atoms with Crippen LogP contribution in [0.3, 0.4) is 0 Å². The molecule has 0 heterocycles. The van der Waals surface area contributed by atoms with Gasteiger partial charge in [-0.15, -0.1) is 0 Å². The summed E-state index contributed by atoms with van der Waals surface area (Å²) < 4.78 is 0. The maximum atomic E-state index is 11.1. The zero-order chi connectivity index (χ0) is 9.97. The Balaban J connectivity index is 2.18. The number of carbonyl (C=O) groups excluding carboxylic acids is 1. The van der Waals surface area contributed by atoms with Crippen LogP contribution in [0.5, 0.6) is 0 Å². The van der Waals surface area contributed by atoms with Crippen LogP contribution in [0.2, 0.25) is 0 Å². The van der Waals surface area contributed by atoms with Gasteiger partial charge in [0.2, 0.25) is 5.91 Å². The maximum absolute atomic E-state index is 11.1.